The van der Waals surface area contributed by atoms with Crippen LogP contribution in [0.2, 0.25) is 5.02 Å². The smallest absolute Gasteiger partial charge is 0.349 e. The number of esters is 4. The largest absolute Gasteiger partial charge is 0.493 e. The lowest BCUT2D eigenvalue weighted by Crippen LogP contribution is -2.54. The molecule has 0 radical (unpaired) electrons. The van der Waals surface area contributed by atoms with Crippen LogP contribution in [0.4, 0.5) is 0 Å². The Morgan fingerprint density at radius 2 is 1.06 bits per heavy atom. The minimum absolute atomic E-state index is 0.0422. The molecular weight excluding hydrogens is 660 g/mol. The van der Waals surface area contributed by atoms with Gasteiger partial charge in [0.15, 0.2) is 23.0 Å². The van der Waals surface area contributed by atoms with Crippen molar-refractivity contribution in [2.75, 3.05) is 14.2 Å². The minimum atomic E-state index is -2.49. The molecule has 2 atom stereocenters. The van der Waals surface area contributed by atoms with Crippen molar-refractivity contribution in [1.82, 2.24) is 10.9 Å². The molecule has 2 amide bonds. The minimum Gasteiger partial charge on any atom is -0.493 e. The van der Waals surface area contributed by atoms with Crippen LogP contribution in [0.15, 0.2) is 60.7 Å². The number of nitrogens with one attached hydrogen (secondary N) is 2. The Kier molecular flexibility index (Phi) is 12.4. The Balaban J connectivity index is 1.94. The average molecular weight is 687 g/mol. The quantitative estimate of drug-likeness (QED) is 0.142. The van der Waals surface area contributed by atoms with Gasteiger partial charge < -0.3 is 33.5 Å². The zero-order valence-corrected chi connectivity index (χ0v) is 26.3. The highest BCUT2D eigenvalue weighted by Crippen LogP contribution is 2.30. The van der Waals surface area contributed by atoms with E-state index in [1.165, 1.54) is 50.6 Å². The number of benzene rings is 3. The van der Waals surface area contributed by atoms with E-state index in [1.807, 2.05) is 10.9 Å². The summed E-state index contributed by atoms with van der Waals surface area (Å²) < 4.78 is 30.5. The zero-order valence-electron chi connectivity index (χ0n) is 25.6. The number of hydrogen-bond acceptors (Lipinski definition) is 13. The molecule has 0 bridgehead atoms. The summed E-state index contributed by atoms with van der Waals surface area (Å²) in [4.78, 5) is 87.2. The first-order chi connectivity index (χ1) is 22.7. The van der Waals surface area contributed by atoms with E-state index < -0.39 is 53.9 Å². The second kappa shape index (κ2) is 16.4. The average Bonchev–Trinajstić information content (AvgIpc) is 3.04. The van der Waals surface area contributed by atoms with E-state index >= 15 is 0 Å². The molecule has 0 saturated carbocycles. The molecule has 3 rings (SSSR count). The molecule has 0 fully saturated rings. The lowest BCUT2D eigenvalue weighted by molar-refractivity contribution is -0.159. The predicted molar refractivity (Wildman–Crippen MR) is 162 cm³/mol. The maximum Gasteiger partial charge on any atom is 0.349 e. The standard InChI is InChI=1S/C31H27ClN2O14/c1-15(35)45-21-11-7-18(13-23(21)43-3)30(41)47-25(28(38)34-33-27(37)17-5-9-20(32)10-6-17)26(29(39)40)48-31(42)19-8-12-22(46-16(2)36)24(14-19)44-4/h5-14,25-26H,1-4H3,(H,33,37)(H,34,38)(H,39,40)/t25-,26+/m0/s1. The van der Waals surface area contributed by atoms with Crippen LogP contribution < -0.4 is 29.8 Å². The molecule has 0 saturated heterocycles. The van der Waals surface area contributed by atoms with Gasteiger partial charge in [0.25, 0.3) is 11.8 Å². The van der Waals surface area contributed by atoms with Gasteiger partial charge >= 0.3 is 29.8 Å². The number of aliphatic carboxylic acids is 1. The molecule has 16 nitrogen and oxygen atoms in total. The fraction of sp³-hybridized carbons (Fsp3) is 0.194. The number of halogens is 1. The van der Waals surface area contributed by atoms with Crippen molar-refractivity contribution in [3.05, 3.63) is 82.4 Å². The molecular formula is C31H27ClN2O14. The van der Waals surface area contributed by atoms with E-state index in [1.54, 1.807) is 0 Å². The van der Waals surface area contributed by atoms with E-state index in [-0.39, 0.29) is 39.7 Å². The zero-order chi connectivity index (χ0) is 35.5. The van der Waals surface area contributed by atoms with E-state index in [4.69, 9.17) is 40.0 Å². The van der Waals surface area contributed by atoms with Crippen LogP contribution in [0.25, 0.3) is 0 Å². The highest BCUT2D eigenvalue weighted by Gasteiger charge is 2.41. The summed E-state index contributed by atoms with van der Waals surface area (Å²) in [5, 5.41) is 10.3. The first-order valence-electron chi connectivity index (χ1n) is 13.5. The highest BCUT2D eigenvalue weighted by atomic mass is 35.5. The molecule has 0 heterocycles. The molecule has 48 heavy (non-hydrogen) atoms. The number of carboxylic acids is 1. The lowest BCUT2D eigenvalue weighted by atomic mass is 10.1. The van der Waals surface area contributed by atoms with Gasteiger partial charge in [0, 0.05) is 24.4 Å². The third kappa shape index (κ3) is 9.67. The van der Waals surface area contributed by atoms with Crippen molar-refractivity contribution >= 4 is 53.3 Å². The van der Waals surface area contributed by atoms with E-state index in [2.05, 4.69) is 0 Å². The molecule has 0 aromatic heterocycles. The molecule has 0 unspecified atom stereocenters. The fourth-order valence-electron chi connectivity index (χ4n) is 3.79. The number of carbonyl (C=O) groups is 7. The van der Waals surface area contributed by atoms with E-state index in [0.29, 0.717) is 5.02 Å². The Bertz CT molecular complexity index is 1740. The van der Waals surface area contributed by atoms with Crippen LogP contribution in [0.5, 0.6) is 23.0 Å². The third-order valence-corrected chi connectivity index (χ3v) is 6.21. The van der Waals surface area contributed by atoms with Crippen LogP contribution >= 0.6 is 11.6 Å². The van der Waals surface area contributed by atoms with Crippen LogP contribution in [-0.4, -0.2) is 73.2 Å². The summed E-state index contributed by atoms with van der Waals surface area (Å²) in [5.74, 6) is -8.52. The van der Waals surface area contributed by atoms with E-state index in [9.17, 15) is 38.7 Å². The molecule has 0 aliphatic rings. The second-order valence-electron chi connectivity index (χ2n) is 9.36. The summed E-state index contributed by atoms with van der Waals surface area (Å²) in [6.07, 6.45) is -4.90. The fourth-order valence-corrected chi connectivity index (χ4v) is 3.92. The predicted octanol–water partition coefficient (Wildman–Crippen LogP) is 2.50. The van der Waals surface area contributed by atoms with E-state index in [0.717, 1.165) is 38.1 Å². The molecule has 3 aromatic carbocycles. The first-order valence-corrected chi connectivity index (χ1v) is 13.8. The van der Waals surface area contributed by atoms with Gasteiger partial charge in [-0.3, -0.25) is 30.0 Å². The second-order valence-corrected chi connectivity index (χ2v) is 9.80. The third-order valence-electron chi connectivity index (χ3n) is 5.96. The van der Waals surface area contributed by atoms with Gasteiger partial charge in [0.05, 0.1) is 25.3 Å². The summed E-state index contributed by atoms with van der Waals surface area (Å²) in [7, 11) is 2.42. The Morgan fingerprint density at radius 3 is 1.48 bits per heavy atom. The van der Waals surface area contributed by atoms with Gasteiger partial charge in [-0.25, -0.2) is 14.4 Å². The maximum atomic E-state index is 13.3. The number of hydrogen-bond donors (Lipinski definition) is 3. The molecule has 0 aliphatic heterocycles. The van der Waals surface area contributed by atoms with Crippen molar-refractivity contribution in [3.63, 3.8) is 0 Å². The summed E-state index contributed by atoms with van der Waals surface area (Å²) in [6, 6.07) is 12.2. The van der Waals surface area contributed by atoms with Crippen LogP contribution in [0.3, 0.4) is 0 Å². The lowest BCUT2D eigenvalue weighted by Gasteiger charge is -2.24. The summed E-state index contributed by atoms with van der Waals surface area (Å²) >= 11 is 5.83. The molecule has 3 aromatic rings. The van der Waals surface area contributed by atoms with Gasteiger partial charge in [-0.15, -0.1) is 0 Å². The normalized spacial score (nSPS) is 11.5. The number of methoxy groups -OCH3 is 2. The monoisotopic (exact) mass is 686 g/mol. The van der Waals surface area contributed by atoms with Crippen LogP contribution in [-0.2, 0) is 28.7 Å². The number of hydrazine groups is 1. The van der Waals surface area contributed by atoms with Gasteiger partial charge in [-0.2, -0.15) is 0 Å². The van der Waals surface area contributed by atoms with Gasteiger partial charge in [0.2, 0.25) is 12.2 Å². The number of rotatable bonds is 12. The Hall–Kier alpha value is -6.16. The van der Waals surface area contributed by atoms with Crippen molar-refractivity contribution in [3.8, 4) is 23.0 Å². The van der Waals surface area contributed by atoms with Crippen molar-refractivity contribution in [2.24, 2.45) is 0 Å². The Morgan fingerprint density at radius 1 is 0.625 bits per heavy atom. The van der Waals surface area contributed by atoms with Crippen molar-refractivity contribution in [1.29, 1.82) is 0 Å². The van der Waals surface area contributed by atoms with Crippen molar-refractivity contribution in [2.45, 2.75) is 26.1 Å². The number of amides is 2. The number of carbonyl (C=O) groups excluding carboxylic acids is 6. The van der Waals surface area contributed by atoms with Crippen LogP contribution in [0, 0.1) is 0 Å². The van der Waals surface area contributed by atoms with Gasteiger partial charge in [0.1, 0.15) is 0 Å². The molecule has 3 N–H and O–H groups in total. The molecule has 17 heteroatoms. The first kappa shape index (κ1) is 36.3. The van der Waals surface area contributed by atoms with Crippen LogP contribution in [0.1, 0.15) is 44.9 Å². The Labute approximate surface area is 276 Å². The summed E-state index contributed by atoms with van der Waals surface area (Å²) in [5.41, 5.74) is 3.42. The SMILES string of the molecule is COc1cc(C(=O)O[C@H](C(=O)NNC(=O)c2ccc(Cl)cc2)[C@@H](OC(=O)c2ccc(OC(C)=O)c(OC)c2)C(=O)O)ccc1OC(C)=O. The molecule has 0 aliphatic carbocycles. The number of carboxylic acid groups (broad SMARTS) is 1. The number of ether oxygens (including phenoxy) is 6. The maximum absolute atomic E-state index is 13.3. The molecule has 0 spiro atoms. The van der Waals surface area contributed by atoms with Gasteiger partial charge in [-0.1, -0.05) is 11.6 Å². The highest BCUT2D eigenvalue weighted by molar-refractivity contribution is 6.30. The molecule has 252 valence electrons. The topological polar surface area (TPSA) is 219 Å². The van der Waals surface area contributed by atoms with Gasteiger partial charge in [-0.05, 0) is 60.7 Å². The van der Waals surface area contributed by atoms with Crippen molar-refractivity contribution < 1.29 is 67.1 Å². The summed E-state index contributed by atoms with van der Waals surface area (Å²) in [6.45, 7) is 2.27.